The number of furan rings is 1. The second-order valence-electron chi connectivity index (χ2n) is 7.42. The van der Waals surface area contributed by atoms with E-state index in [1.165, 1.54) is 6.07 Å². The lowest BCUT2D eigenvalue weighted by Gasteiger charge is -2.34. The molecule has 1 aromatic carbocycles. The van der Waals surface area contributed by atoms with Crippen molar-refractivity contribution in [1.82, 2.24) is 9.80 Å². The lowest BCUT2D eigenvalue weighted by atomic mass is 9.97. The molecule has 1 atom stereocenters. The van der Waals surface area contributed by atoms with Gasteiger partial charge in [0.25, 0.3) is 0 Å². The number of anilines is 1. The summed E-state index contributed by atoms with van der Waals surface area (Å²) in [6.45, 7) is 2.72. The minimum absolute atomic E-state index is 0.0380. The van der Waals surface area contributed by atoms with Gasteiger partial charge < -0.3 is 24.6 Å². The van der Waals surface area contributed by atoms with Crippen LogP contribution in [0.2, 0.25) is 0 Å². The molecule has 1 aromatic heterocycles. The molecular formula is C20H23N3O5. The van der Waals surface area contributed by atoms with Crippen LogP contribution in [0.15, 0.2) is 28.7 Å². The van der Waals surface area contributed by atoms with Crippen molar-refractivity contribution in [2.45, 2.75) is 25.7 Å². The van der Waals surface area contributed by atoms with E-state index in [0.29, 0.717) is 29.7 Å². The summed E-state index contributed by atoms with van der Waals surface area (Å²) in [6.07, 6.45) is 3.64. The summed E-state index contributed by atoms with van der Waals surface area (Å²) in [5.74, 6) is -1.65. The molecule has 0 saturated carbocycles. The normalized spacial score (nSPS) is 19.8. The van der Waals surface area contributed by atoms with Crippen LogP contribution in [0.5, 0.6) is 0 Å². The summed E-state index contributed by atoms with van der Waals surface area (Å²) in [4.78, 5) is 40.0. The molecule has 2 aromatic rings. The Bertz CT molecular complexity index is 916. The Kier molecular flexibility index (Phi) is 4.93. The van der Waals surface area contributed by atoms with Gasteiger partial charge in [0.1, 0.15) is 5.58 Å². The van der Waals surface area contributed by atoms with Gasteiger partial charge in [-0.05, 0) is 49.9 Å². The van der Waals surface area contributed by atoms with E-state index in [9.17, 15) is 14.4 Å². The number of carboxylic acids is 1. The molecule has 4 rings (SSSR count). The molecule has 3 amide bonds. The molecule has 8 heteroatoms. The van der Waals surface area contributed by atoms with E-state index in [1.54, 1.807) is 23.1 Å². The highest BCUT2D eigenvalue weighted by molar-refractivity contribution is 5.97. The fourth-order valence-corrected chi connectivity index (χ4v) is 3.94. The predicted octanol–water partition coefficient (Wildman–Crippen LogP) is 3.00. The van der Waals surface area contributed by atoms with Crippen molar-refractivity contribution in [3.05, 3.63) is 30.0 Å². The van der Waals surface area contributed by atoms with Gasteiger partial charge in [-0.2, -0.15) is 0 Å². The molecule has 0 spiro atoms. The summed E-state index contributed by atoms with van der Waals surface area (Å²) in [5.41, 5.74) is 1.04. The third-order valence-corrected chi connectivity index (χ3v) is 5.43. The van der Waals surface area contributed by atoms with Crippen molar-refractivity contribution in [1.29, 1.82) is 0 Å². The van der Waals surface area contributed by atoms with E-state index in [4.69, 9.17) is 9.52 Å². The molecule has 0 radical (unpaired) electrons. The number of benzene rings is 1. The molecule has 0 bridgehead atoms. The molecule has 8 nitrogen and oxygen atoms in total. The number of hydrogen-bond donors (Lipinski definition) is 2. The Morgan fingerprint density at radius 3 is 2.54 bits per heavy atom. The lowest BCUT2D eigenvalue weighted by molar-refractivity contribution is -0.121. The zero-order valence-electron chi connectivity index (χ0n) is 15.5. The predicted molar refractivity (Wildman–Crippen MR) is 102 cm³/mol. The third-order valence-electron chi connectivity index (χ3n) is 5.43. The molecular weight excluding hydrogens is 362 g/mol. The number of nitrogens with zero attached hydrogens (tertiary/aromatic N) is 2. The first kappa shape index (κ1) is 18.3. The zero-order chi connectivity index (χ0) is 19.7. The number of piperidine rings is 1. The van der Waals surface area contributed by atoms with Crippen molar-refractivity contribution >= 4 is 34.6 Å². The molecule has 1 unspecified atom stereocenters. The first-order valence-electron chi connectivity index (χ1n) is 9.63. The van der Waals surface area contributed by atoms with Crippen LogP contribution >= 0.6 is 0 Å². The third kappa shape index (κ3) is 3.67. The topological polar surface area (TPSA) is 103 Å². The average Bonchev–Trinajstić information content (AvgIpc) is 3.37. The Labute approximate surface area is 162 Å². The maximum Gasteiger partial charge on any atom is 0.371 e. The molecule has 148 valence electrons. The second-order valence-corrected chi connectivity index (χ2v) is 7.42. The number of carboxylic acid groups (broad SMARTS) is 1. The van der Waals surface area contributed by atoms with E-state index in [2.05, 4.69) is 5.32 Å². The summed E-state index contributed by atoms with van der Waals surface area (Å²) in [7, 11) is 0. The van der Waals surface area contributed by atoms with Crippen LogP contribution in [0.25, 0.3) is 11.0 Å². The minimum atomic E-state index is -1.13. The van der Waals surface area contributed by atoms with Crippen molar-refractivity contribution in [3.63, 3.8) is 0 Å². The number of rotatable bonds is 3. The molecule has 28 heavy (non-hydrogen) atoms. The Hall–Kier alpha value is -3.03. The summed E-state index contributed by atoms with van der Waals surface area (Å²) in [5, 5.41) is 12.5. The van der Waals surface area contributed by atoms with Crippen LogP contribution in [0.4, 0.5) is 10.5 Å². The van der Waals surface area contributed by atoms with Crippen molar-refractivity contribution < 1.29 is 23.9 Å². The highest BCUT2D eigenvalue weighted by atomic mass is 16.4. The van der Waals surface area contributed by atoms with Gasteiger partial charge in [-0.3, -0.25) is 4.79 Å². The smallest absolute Gasteiger partial charge is 0.371 e. The van der Waals surface area contributed by atoms with Gasteiger partial charge in [-0.1, -0.05) is 0 Å². The number of hydrogen-bond acceptors (Lipinski definition) is 4. The lowest BCUT2D eigenvalue weighted by Crippen LogP contribution is -2.48. The first-order chi connectivity index (χ1) is 13.5. The quantitative estimate of drug-likeness (QED) is 0.845. The molecule has 0 aliphatic carbocycles. The number of nitrogens with one attached hydrogen (secondary N) is 1. The first-order valence-corrected chi connectivity index (χ1v) is 9.63. The van der Waals surface area contributed by atoms with E-state index in [1.807, 2.05) is 4.90 Å². The van der Waals surface area contributed by atoms with Crippen molar-refractivity contribution in [2.75, 3.05) is 31.5 Å². The highest BCUT2D eigenvalue weighted by Gasteiger charge is 2.31. The molecule has 2 saturated heterocycles. The van der Waals surface area contributed by atoms with Gasteiger partial charge in [0.2, 0.25) is 11.7 Å². The van der Waals surface area contributed by atoms with Crippen LogP contribution in [-0.2, 0) is 4.79 Å². The fraction of sp³-hybridized carbons (Fsp3) is 0.450. The number of urea groups is 1. The average molecular weight is 385 g/mol. The van der Waals surface area contributed by atoms with Gasteiger partial charge in [-0.15, -0.1) is 0 Å². The Morgan fingerprint density at radius 2 is 1.79 bits per heavy atom. The van der Waals surface area contributed by atoms with Gasteiger partial charge in [0.05, 0.1) is 5.92 Å². The number of fused-ring (bicyclic) bond motifs is 1. The van der Waals surface area contributed by atoms with Gasteiger partial charge in [0, 0.05) is 37.3 Å². The molecule has 3 heterocycles. The standard InChI is InChI=1S/C20H23N3O5/c24-18(13-4-3-9-23(12-13)20(27)22-7-1-2-8-22)21-15-5-6-16-14(10-15)11-17(28-16)19(25)26/h5-6,10-11,13H,1-4,7-9,12H2,(H,21,24)(H,25,26). The maximum absolute atomic E-state index is 12.7. The van der Waals surface area contributed by atoms with E-state index >= 15 is 0 Å². The summed E-state index contributed by atoms with van der Waals surface area (Å²) < 4.78 is 5.23. The number of carbonyl (C=O) groups is 3. The number of carbonyl (C=O) groups excluding carboxylic acids is 2. The highest BCUT2D eigenvalue weighted by Crippen LogP contribution is 2.25. The van der Waals surface area contributed by atoms with Crippen molar-refractivity contribution in [2.24, 2.45) is 5.92 Å². The van der Waals surface area contributed by atoms with Crippen LogP contribution < -0.4 is 5.32 Å². The molecule has 2 aliphatic rings. The number of amides is 3. The minimum Gasteiger partial charge on any atom is -0.475 e. The largest absolute Gasteiger partial charge is 0.475 e. The fourth-order valence-electron chi connectivity index (χ4n) is 3.94. The number of aromatic carboxylic acids is 1. The van der Waals surface area contributed by atoms with E-state index in [-0.39, 0.29) is 23.6 Å². The molecule has 2 fully saturated rings. The van der Waals surface area contributed by atoms with Gasteiger partial charge >= 0.3 is 12.0 Å². The summed E-state index contributed by atoms with van der Waals surface area (Å²) >= 11 is 0. The zero-order valence-corrected chi connectivity index (χ0v) is 15.5. The Morgan fingerprint density at radius 1 is 1.04 bits per heavy atom. The second kappa shape index (κ2) is 7.53. The van der Waals surface area contributed by atoms with Crippen LogP contribution in [-0.4, -0.2) is 59.0 Å². The van der Waals surface area contributed by atoms with E-state index < -0.39 is 5.97 Å². The van der Waals surface area contributed by atoms with E-state index in [0.717, 1.165) is 38.8 Å². The summed E-state index contributed by atoms with van der Waals surface area (Å²) in [6, 6.07) is 6.49. The monoisotopic (exact) mass is 385 g/mol. The van der Waals surface area contributed by atoms with Crippen LogP contribution in [0.3, 0.4) is 0 Å². The van der Waals surface area contributed by atoms with Gasteiger partial charge in [-0.25, -0.2) is 9.59 Å². The van der Waals surface area contributed by atoms with Crippen molar-refractivity contribution in [3.8, 4) is 0 Å². The SMILES string of the molecule is O=C(O)c1cc2cc(NC(=O)C3CCCN(C(=O)N4CCCC4)C3)ccc2o1. The molecule has 2 aliphatic heterocycles. The number of likely N-dealkylation sites (tertiary alicyclic amines) is 2. The van der Waals surface area contributed by atoms with Crippen LogP contribution in [0, 0.1) is 5.92 Å². The Balaban J connectivity index is 1.41. The van der Waals surface area contributed by atoms with Gasteiger partial charge in [0.15, 0.2) is 0 Å². The van der Waals surface area contributed by atoms with Crippen LogP contribution in [0.1, 0.15) is 36.2 Å². The maximum atomic E-state index is 12.7. The molecule has 2 N–H and O–H groups in total.